The highest BCUT2D eigenvalue weighted by atomic mass is 35.5. The molecule has 0 N–H and O–H groups in total. The molecule has 0 unspecified atom stereocenters. The fraction of sp³-hybridized carbons (Fsp3) is 0.222. The van der Waals surface area contributed by atoms with Crippen LogP contribution in [0.4, 0.5) is 0 Å². The quantitative estimate of drug-likeness (QED) is 0.641. The van der Waals surface area contributed by atoms with Gasteiger partial charge in [-0.2, -0.15) is 9.50 Å². The number of ether oxygens (including phenoxy) is 1. The van der Waals surface area contributed by atoms with Crippen LogP contribution in [0.15, 0.2) is 36.7 Å². The fourth-order valence-electron chi connectivity index (χ4n) is 2.32. The van der Waals surface area contributed by atoms with Gasteiger partial charge in [-0.05, 0) is 37.3 Å². The van der Waals surface area contributed by atoms with E-state index in [9.17, 15) is 4.79 Å². The molecule has 7 nitrogen and oxygen atoms in total. The third-order valence-electron chi connectivity index (χ3n) is 3.53. The van der Waals surface area contributed by atoms with Gasteiger partial charge in [0.05, 0.1) is 12.3 Å². The SMILES string of the molecule is CCOC(=O)c1cnc2nc(-c3ccc(Cl)cc3)nn2c1/C=C/N(C)C. The summed E-state index contributed by atoms with van der Waals surface area (Å²) in [5.41, 5.74) is 1.68. The summed E-state index contributed by atoms with van der Waals surface area (Å²) >= 11 is 5.94. The largest absolute Gasteiger partial charge is 0.462 e. The molecule has 2 aromatic heterocycles. The van der Waals surface area contributed by atoms with Crippen LogP contribution in [0.2, 0.25) is 5.02 Å². The summed E-state index contributed by atoms with van der Waals surface area (Å²) in [7, 11) is 3.78. The Labute approximate surface area is 155 Å². The van der Waals surface area contributed by atoms with Crippen molar-refractivity contribution in [3.05, 3.63) is 52.9 Å². The van der Waals surface area contributed by atoms with Crippen LogP contribution in [0.5, 0.6) is 0 Å². The molecule has 0 aliphatic heterocycles. The van der Waals surface area contributed by atoms with Gasteiger partial charge in [0.15, 0.2) is 5.82 Å². The Morgan fingerprint density at radius 2 is 2.04 bits per heavy atom. The molecule has 8 heteroatoms. The molecule has 26 heavy (non-hydrogen) atoms. The highest BCUT2D eigenvalue weighted by Crippen LogP contribution is 2.21. The van der Waals surface area contributed by atoms with Gasteiger partial charge in [0.25, 0.3) is 5.78 Å². The molecular weight excluding hydrogens is 354 g/mol. The number of fused-ring (bicyclic) bond motifs is 1. The lowest BCUT2D eigenvalue weighted by molar-refractivity contribution is 0.0525. The Kier molecular flexibility index (Phi) is 5.18. The van der Waals surface area contributed by atoms with E-state index in [1.54, 1.807) is 25.1 Å². The van der Waals surface area contributed by atoms with Crippen LogP contribution >= 0.6 is 11.6 Å². The molecule has 134 valence electrons. The number of carbonyl (C=O) groups is 1. The molecule has 3 aromatic rings. The molecule has 0 bridgehead atoms. The lowest BCUT2D eigenvalue weighted by atomic mass is 10.2. The Bertz CT molecular complexity index is 964. The van der Waals surface area contributed by atoms with E-state index in [0.717, 1.165) is 5.56 Å². The summed E-state index contributed by atoms with van der Waals surface area (Å²) in [6, 6.07) is 7.21. The number of carbonyl (C=O) groups excluding carboxylic acids is 1. The van der Waals surface area contributed by atoms with E-state index in [2.05, 4.69) is 15.1 Å². The summed E-state index contributed by atoms with van der Waals surface area (Å²) in [6.07, 6.45) is 5.06. The van der Waals surface area contributed by atoms with Gasteiger partial charge < -0.3 is 9.64 Å². The van der Waals surface area contributed by atoms with E-state index in [-0.39, 0.29) is 6.61 Å². The summed E-state index contributed by atoms with van der Waals surface area (Å²) in [6.45, 7) is 2.04. The molecule has 0 spiro atoms. The third-order valence-corrected chi connectivity index (χ3v) is 3.78. The Morgan fingerprint density at radius 3 is 2.69 bits per heavy atom. The Hall–Kier alpha value is -2.93. The standard InChI is InChI=1S/C18H18ClN5O2/c1-4-26-17(25)14-11-20-18-21-16(12-5-7-13(19)8-6-12)22-24(18)15(14)9-10-23(2)3/h5-11H,4H2,1-3H3/b10-9+. The second-order valence-electron chi connectivity index (χ2n) is 5.71. The molecule has 0 aliphatic rings. The zero-order valence-corrected chi connectivity index (χ0v) is 15.4. The zero-order valence-electron chi connectivity index (χ0n) is 14.7. The summed E-state index contributed by atoms with van der Waals surface area (Å²) < 4.78 is 6.66. The molecule has 0 saturated heterocycles. The van der Waals surface area contributed by atoms with Crippen molar-refractivity contribution < 1.29 is 9.53 Å². The molecule has 2 heterocycles. The minimum absolute atomic E-state index is 0.279. The van der Waals surface area contributed by atoms with Gasteiger partial charge in [-0.15, -0.1) is 5.10 Å². The molecule has 0 aliphatic carbocycles. The first kappa shape index (κ1) is 17.9. The van der Waals surface area contributed by atoms with Gasteiger partial charge >= 0.3 is 5.97 Å². The Morgan fingerprint density at radius 1 is 1.31 bits per heavy atom. The monoisotopic (exact) mass is 371 g/mol. The number of hydrogen-bond acceptors (Lipinski definition) is 6. The lowest BCUT2D eigenvalue weighted by Crippen LogP contribution is -2.12. The smallest absolute Gasteiger partial charge is 0.341 e. The topological polar surface area (TPSA) is 72.6 Å². The summed E-state index contributed by atoms with van der Waals surface area (Å²) in [5.74, 6) is 0.430. The molecule has 0 atom stereocenters. The maximum atomic E-state index is 12.3. The zero-order chi connectivity index (χ0) is 18.7. The van der Waals surface area contributed by atoms with Gasteiger partial charge in [0.2, 0.25) is 0 Å². The molecular formula is C18H18ClN5O2. The van der Waals surface area contributed by atoms with Gasteiger partial charge in [0, 0.05) is 37.1 Å². The van der Waals surface area contributed by atoms with Crippen molar-refractivity contribution >= 4 is 29.4 Å². The van der Waals surface area contributed by atoms with Crippen LogP contribution in [0.1, 0.15) is 23.0 Å². The van der Waals surface area contributed by atoms with Gasteiger partial charge in [-0.25, -0.2) is 9.78 Å². The molecule has 0 amide bonds. The highest BCUT2D eigenvalue weighted by Gasteiger charge is 2.18. The van der Waals surface area contributed by atoms with Crippen molar-refractivity contribution in [2.24, 2.45) is 0 Å². The number of hydrogen-bond donors (Lipinski definition) is 0. The van der Waals surface area contributed by atoms with Crippen LogP contribution in [0.25, 0.3) is 23.2 Å². The van der Waals surface area contributed by atoms with Crippen LogP contribution < -0.4 is 0 Å². The number of benzene rings is 1. The van der Waals surface area contributed by atoms with E-state index < -0.39 is 5.97 Å². The molecule has 1 aromatic carbocycles. The van der Waals surface area contributed by atoms with E-state index in [1.807, 2.05) is 37.3 Å². The van der Waals surface area contributed by atoms with Crippen molar-refractivity contribution in [2.75, 3.05) is 20.7 Å². The molecule has 0 saturated carbocycles. The van der Waals surface area contributed by atoms with Crippen LogP contribution in [0.3, 0.4) is 0 Å². The normalized spacial score (nSPS) is 11.2. The van der Waals surface area contributed by atoms with Gasteiger partial charge in [-0.1, -0.05) is 11.6 Å². The van der Waals surface area contributed by atoms with Gasteiger partial charge in [0.1, 0.15) is 5.56 Å². The van der Waals surface area contributed by atoms with E-state index in [4.69, 9.17) is 16.3 Å². The van der Waals surface area contributed by atoms with E-state index in [1.165, 1.54) is 10.7 Å². The van der Waals surface area contributed by atoms with Crippen LogP contribution in [0, 0.1) is 0 Å². The maximum absolute atomic E-state index is 12.3. The second-order valence-corrected chi connectivity index (χ2v) is 6.15. The first-order valence-corrected chi connectivity index (χ1v) is 8.41. The number of aromatic nitrogens is 4. The number of esters is 1. The van der Waals surface area contributed by atoms with Crippen molar-refractivity contribution in [3.8, 4) is 11.4 Å². The maximum Gasteiger partial charge on any atom is 0.341 e. The highest BCUT2D eigenvalue weighted by molar-refractivity contribution is 6.30. The minimum Gasteiger partial charge on any atom is -0.462 e. The van der Waals surface area contributed by atoms with Crippen molar-refractivity contribution in [2.45, 2.75) is 6.92 Å². The van der Waals surface area contributed by atoms with Crippen molar-refractivity contribution in [3.63, 3.8) is 0 Å². The minimum atomic E-state index is -0.455. The fourth-order valence-corrected chi connectivity index (χ4v) is 2.44. The predicted octanol–water partition coefficient (Wildman–Crippen LogP) is 3.15. The first-order chi connectivity index (χ1) is 12.5. The van der Waals surface area contributed by atoms with Crippen LogP contribution in [-0.2, 0) is 4.74 Å². The summed E-state index contributed by atoms with van der Waals surface area (Å²) in [4.78, 5) is 22.8. The van der Waals surface area contributed by atoms with Crippen LogP contribution in [-0.4, -0.2) is 51.2 Å². The first-order valence-electron chi connectivity index (χ1n) is 8.03. The van der Waals surface area contributed by atoms with E-state index >= 15 is 0 Å². The third kappa shape index (κ3) is 3.67. The second kappa shape index (κ2) is 7.53. The van der Waals surface area contributed by atoms with Crippen molar-refractivity contribution in [1.82, 2.24) is 24.5 Å². The average molecular weight is 372 g/mol. The summed E-state index contributed by atoms with van der Waals surface area (Å²) in [5, 5.41) is 5.15. The average Bonchev–Trinajstić information content (AvgIpc) is 3.04. The van der Waals surface area contributed by atoms with Gasteiger partial charge in [-0.3, -0.25) is 0 Å². The molecule has 3 rings (SSSR count). The number of rotatable bonds is 5. The number of nitrogens with zero attached hydrogens (tertiary/aromatic N) is 5. The molecule has 0 fully saturated rings. The van der Waals surface area contributed by atoms with E-state index in [0.29, 0.717) is 27.9 Å². The Balaban J connectivity index is 2.16. The van der Waals surface area contributed by atoms with Crippen molar-refractivity contribution in [1.29, 1.82) is 0 Å². The number of halogens is 1. The predicted molar refractivity (Wildman–Crippen MR) is 99.9 cm³/mol. The lowest BCUT2D eigenvalue weighted by Gasteiger charge is -2.08. The molecule has 0 radical (unpaired) electrons.